The molecule has 22 heavy (non-hydrogen) atoms. The molecule has 0 atom stereocenters. The van der Waals surface area contributed by atoms with E-state index in [0.29, 0.717) is 0 Å². The molecule has 0 unspecified atom stereocenters. The maximum Gasteiger partial charge on any atom is 0.243 e. The third-order valence-electron chi connectivity index (χ3n) is 3.42. The second-order valence-electron chi connectivity index (χ2n) is 5.52. The first-order valence-electron chi connectivity index (χ1n) is 7.32. The zero-order chi connectivity index (χ0) is 16.3. The summed E-state index contributed by atoms with van der Waals surface area (Å²) in [5.41, 5.74) is 4.26. The highest BCUT2D eigenvalue weighted by Crippen LogP contribution is 2.22. The van der Waals surface area contributed by atoms with Crippen molar-refractivity contribution >= 4 is 28.3 Å². The molecular weight excluding hydrogens is 296 g/mol. The van der Waals surface area contributed by atoms with E-state index in [2.05, 4.69) is 33.7 Å². The Labute approximate surface area is 135 Å². The molecule has 1 amide bonds. The molecule has 1 heterocycles. The molecule has 6 heteroatoms. The van der Waals surface area contributed by atoms with E-state index >= 15 is 0 Å². The molecule has 0 aliphatic carbocycles. The fraction of sp³-hybridized carbons (Fsp3) is 0.438. The van der Waals surface area contributed by atoms with Crippen molar-refractivity contribution in [3.63, 3.8) is 0 Å². The van der Waals surface area contributed by atoms with Crippen molar-refractivity contribution in [3.05, 3.63) is 34.6 Å². The molecule has 2 rings (SSSR count). The minimum absolute atomic E-state index is 0.0502. The fourth-order valence-corrected chi connectivity index (χ4v) is 3.09. The van der Waals surface area contributed by atoms with Gasteiger partial charge in [-0.2, -0.15) is 4.37 Å². The number of nitrogens with one attached hydrogen (secondary N) is 1. The number of carbonyl (C=O) groups is 1. The van der Waals surface area contributed by atoms with Crippen LogP contribution in [0.3, 0.4) is 0 Å². The van der Waals surface area contributed by atoms with Crippen LogP contribution in [0.15, 0.2) is 12.1 Å². The van der Waals surface area contributed by atoms with E-state index in [4.69, 9.17) is 0 Å². The molecule has 5 nitrogen and oxygen atoms in total. The van der Waals surface area contributed by atoms with Crippen molar-refractivity contribution in [2.24, 2.45) is 0 Å². The number of carbonyl (C=O) groups excluding carboxylic acids is 1. The molecule has 0 spiro atoms. The molecule has 0 fully saturated rings. The van der Waals surface area contributed by atoms with Crippen LogP contribution in [-0.2, 0) is 11.2 Å². The quantitative estimate of drug-likeness (QED) is 0.920. The summed E-state index contributed by atoms with van der Waals surface area (Å²) in [5.74, 6) is 0.767. The smallest absolute Gasteiger partial charge is 0.243 e. The first-order valence-corrected chi connectivity index (χ1v) is 8.09. The van der Waals surface area contributed by atoms with Crippen LogP contribution in [0.5, 0.6) is 0 Å². The van der Waals surface area contributed by atoms with Gasteiger partial charge >= 0.3 is 0 Å². The normalized spacial score (nSPS) is 10.6. The minimum atomic E-state index is -0.0502. The number of benzene rings is 1. The first kappa shape index (κ1) is 16.4. The van der Waals surface area contributed by atoms with Gasteiger partial charge in [-0.1, -0.05) is 24.6 Å². The summed E-state index contributed by atoms with van der Waals surface area (Å²) in [6, 6.07) is 4.15. The van der Waals surface area contributed by atoms with E-state index in [1.165, 1.54) is 17.1 Å². The van der Waals surface area contributed by atoms with Gasteiger partial charge in [0.2, 0.25) is 11.0 Å². The van der Waals surface area contributed by atoms with Gasteiger partial charge in [-0.25, -0.2) is 4.98 Å². The SMILES string of the molecule is CCc1nsc(N(C)CC(=O)Nc2c(C)cc(C)cc2C)n1. The highest BCUT2D eigenvalue weighted by Gasteiger charge is 2.13. The largest absolute Gasteiger partial charge is 0.341 e. The predicted octanol–water partition coefficient (Wildman–Crippen LogP) is 3.10. The maximum absolute atomic E-state index is 12.3. The van der Waals surface area contributed by atoms with Crippen LogP contribution in [0.4, 0.5) is 10.8 Å². The minimum Gasteiger partial charge on any atom is -0.341 e. The Hall–Kier alpha value is -1.95. The summed E-state index contributed by atoms with van der Waals surface area (Å²) in [5, 5.41) is 3.77. The summed E-state index contributed by atoms with van der Waals surface area (Å²) in [6.07, 6.45) is 0.804. The van der Waals surface area contributed by atoms with E-state index in [-0.39, 0.29) is 12.5 Å². The molecule has 1 aromatic heterocycles. The van der Waals surface area contributed by atoms with Gasteiger partial charge in [0, 0.05) is 30.7 Å². The van der Waals surface area contributed by atoms with Crippen LogP contribution in [0.25, 0.3) is 0 Å². The summed E-state index contributed by atoms with van der Waals surface area (Å²) in [4.78, 5) is 18.5. The molecule has 2 aromatic rings. The first-order chi connectivity index (χ1) is 10.4. The van der Waals surface area contributed by atoms with Crippen LogP contribution < -0.4 is 10.2 Å². The molecular formula is C16H22N4OS. The lowest BCUT2D eigenvalue weighted by atomic mass is 10.1. The Morgan fingerprint density at radius 3 is 2.45 bits per heavy atom. The molecule has 0 aliphatic rings. The van der Waals surface area contributed by atoms with Gasteiger partial charge in [-0.3, -0.25) is 4.79 Å². The number of hydrogen-bond donors (Lipinski definition) is 1. The Morgan fingerprint density at radius 1 is 1.27 bits per heavy atom. The number of amides is 1. The number of anilines is 2. The number of rotatable bonds is 5. The summed E-state index contributed by atoms with van der Waals surface area (Å²) >= 11 is 1.32. The maximum atomic E-state index is 12.3. The van der Waals surface area contributed by atoms with Gasteiger partial charge in [0.05, 0.1) is 6.54 Å². The average molecular weight is 318 g/mol. The number of aryl methyl sites for hydroxylation is 4. The van der Waals surface area contributed by atoms with Crippen LogP contribution in [0.2, 0.25) is 0 Å². The van der Waals surface area contributed by atoms with Crippen molar-refractivity contribution < 1.29 is 4.79 Å². The predicted molar refractivity (Wildman–Crippen MR) is 91.8 cm³/mol. The highest BCUT2D eigenvalue weighted by atomic mass is 32.1. The van der Waals surface area contributed by atoms with Gasteiger partial charge in [-0.15, -0.1) is 0 Å². The topological polar surface area (TPSA) is 58.1 Å². The zero-order valence-corrected chi connectivity index (χ0v) is 14.5. The van der Waals surface area contributed by atoms with Gasteiger partial charge in [0.25, 0.3) is 0 Å². The Morgan fingerprint density at radius 2 is 1.91 bits per heavy atom. The fourth-order valence-electron chi connectivity index (χ4n) is 2.38. The summed E-state index contributed by atoms with van der Waals surface area (Å²) in [6.45, 7) is 8.35. The second kappa shape index (κ2) is 6.87. The third-order valence-corrected chi connectivity index (χ3v) is 4.29. The standard InChI is InChI=1S/C16H22N4OS/c1-6-13-17-16(22-19-13)20(5)9-14(21)18-15-11(3)7-10(2)8-12(15)4/h7-8H,6,9H2,1-5H3,(H,18,21). The Kier molecular flexibility index (Phi) is 5.13. The van der Waals surface area contributed by atoms with E-state index in [9.17, 15) is 4.79 Å². The Bertz CT molecular complexity index is 658. The van der Waals surface area contributed by atoms with Gasteiger partial charge in [-0.05, 0) is 31.9 Å². The molecule has 0 saturated heterocycles. The lowest BCUT2D eigenvalue weighted by Gasteiger charge is -2.17. The molecule has 0 bridgehead atoms. The van der Waals surface area contributed by atoms with Gasteiger partial charge in [0.15, 0.2) is 0 Å². The van der Waals surface area contributed by atoms with Crippen molar-refractivity contribution in [1.29, 1.82) is 0 Å². The lowest BCUT2D eigenvalue weighted by Crippen LogP contribution is -2.30. The molecule has 118 valence electrons. The van der Waals surface area contributed by atoms with E-state index in [0.717, 1.165) is 34.2 Å². The number of likely N-dealkylation sites (N-methyl/N-ethyl adjacent to an activating group) is 1. The van der Waals surface area contributed by atoms with Crippen LogP contribution in [-0.4, -0.2) is 28.9 Å². The number of nitrogens with zero attached hydrogens (tertiary/aromatic N) is 3. The summed E-state index contributed by atoms with van der Waals surface area (Å²) in [7, 11) is 1.86. The second-order valence-corrected chi connectivity index (χ2v) is 6.25. The highest BCUT2D eigenvalue weighted by molar-refractivity contribution is 7.09. The average Bonchev–Trinajstić information content (AvgIpc) is 2.91. The third kappa shape index (κ3) is 3.82. The Balaban J connectivity index is 2.04. The molecule has 1 N–H and O–H groups in total. The van der Waals surface area contributed by atoms with E-state index in [1.807, 2.05) is 32.7 Å². The summed E-state index contributed by atoms with van der Waals surface area (Å²) < 4.78 is 4.24. The molecule has 0 saturated carbocycles. The number of aromatic nitrogens is 2. The van der Waals surface area contributed by atoms with Crippen molar-refractivity contribution in [1.82, 2.24) is 9.36 Å². The molecule has 0 radical (unpaired) electrons. The van der Waals surface area contributed by atoms with E-state index in [1.54, 1.807) is 0 Å². The lowest BCUT2D eigenvalue weighted by molar-refractivity contribution is -0.114. The van der Waals surface area contributed by atoms with Crippen LogP contribution in [0, 0.1) is 20.8 Å². The van der Waals surface area contributed by atoms with Crippen molar-refractivity contribution in [2.75, 3.05) is 23.8 Å². The van der Waals surface area contributed by atoms with E-state index < -0.39 is 0 Å². The zero-order valence-electron chi connectivity index (χ0n) is 13.7. The van der Waals surface area contributed by atoms with Gasteiger partial charge < -0.3 is 10.2 Å². The molecule has 0 aliphatic heterocycles. The van der Waals surface area contributed by atoms with Gasteiger partial charge in [0.1, 0.15) is 5.82 Å². The van der Waals surface area contributed by atoms with Crippen molar-refractivity contribution in [3.8, 4) is 0 Å². The molecule has 1 aromatic carbocycles. The monoisotopic (exact) mass is 318 g/mol. The van der Waals surface area contributed by atoms with Crippen LogP contribution in [0.1, 0.15) is 29.4 Å². The van der Waals surface area contributed by atoms with Crippen LogP contribution >= 0.6 is 11.5 Å². The van der Waals surface area contributed by atoms with Crippen molar-refractivity contribution in [2.45, 2.75) is 34.1 Å². The number of hydrogen-bond acceptors (Lipinski definition) is 5.